The lowest BCUT2D eigenvalue weighted by molar-refractivity contribution is 0.355. The Hall–Kier alpha value is -3.61. The SMILES string of the molecule is COc1ccc(Nc2nnc(-n3nc(C)cc3C)c3ccccc23)cc1OC. The van der Waals surface area contributed by atoms with Crippen molar-refractivity contribution in [2.45, 2.75) is 13.8 Å². The van der Waals surface area contributed by atoms with Gasteiger partial charge in [-0.15, -0.1) is 10.2 Å². The number of rotatable bonds is 5. The van der Waals surface area contributed by atoms with Crippen LogP contribution in [0.1, 0.15) is 11.4 Å². The summed E-state index contributed by atoms with van der Waals surface area (Å²) < 4.78 is 12.5. The molecule has 2 aromatic carbocycles. The van der Waals surface area contributed by atoms with Gasteiger partial charge in [-0.3, -0.25) is 0 Å². The van der Waals surface area contributed by atoms with Gasteiger partial charge in [-0.2, -0.15) is 5.10 Å². The van der Waals surface area contributed by atoms with Gasteiger partial charge in [0.1, 0.15) is 0 Å². The normalized spacial score (nSPS) is 10.9. The molecule has 4 rings (SSSR count). The molecular formula is C21H21N5O2. The summed E-state index contributed by atoms with van der Waals surface area (Å²) in [6.07, 6.45) is 0. The molecule has 7 heteroatoms. The third-order valence-electron chi connectivity index (χ3n) is 4.52. The maximum atomic E-state index is 5.38. The molecule has 0 atom stereocenters. The molecule has 4 aromatic rings. The predicted molar refractivity (Wildman–Crippen MR) is 109 cm³/mol. The molecule has 0 fully saturated rings. The van der Waals surface area contributed by atoms with Crippen LogP contribution >= 0.6 is 0 Å². The highest BCUT2D eigenvalue weighted by atomic mass is 16.5. The van der Waals surface area contributed by atoms with Crippen LogP contribution in [0.4, 0.5) is 11.5 Å². The number of hydrogen-bond acceptors (Lipinski definition) is 6. The number of nitrogens with zero attached hydrogens (tertiary/aromatic N) is 4. The summed E-state index contributed by atoms with van der Waals surface area (Å²) in [5.41, 5.74) is 2.78. The quantitative estimate of drug-likeness (QED) is 0.564. The van der Waals surface area contributed by atoms with Crippen LogP contribution < -0.4 is 14.8 Å². The van der Waals surface area contributed by atoms with Crippen LogP contribution in [0.5, 0.6) is 11.5 Å². The van der Waals surface area contributed by atoms with Crippen molar-refractivity contribution >= 4 is 22.3 Å². The van der Waals surface area contributed by atoms with Crippen molar-refractivity contribution in [3.05, 3.63) is 59.9 Å². The zero-order chi connectivity index (χ0) is 19.7. The Bertz CT molecular complexity index is 1150. The molecule has 0 aliphatic carbocycles. The largest absolute Gasteiger partial charge is 0.493 e. The van der Waals surface area contributed by atoms with E-state index in [0.29, 0.717) is 23.1 Å². The maximum absolute atomic E-state index is 5.38. The van der Waals surface area contributed by atoms with Crippen molar-refractivity contribution in [2.75, 3.05) is 19.5 Å². The highest BCUT2D eigenvalue weighted by Gasteiger charge is 2.14. The zero-order valence-electron chi connectivity index (χ0n) is 16.2. The van der Waals surface area contributed by atoms with E-state index in [4.69, 9.17) is 9.47 Å². The van der Waals surface area contributed by atoms with Crippen LogP contribution in [-0.2, 0) is 0 Å². The molecule has 0 saturated carbocycles. The minimum Gasteiger partial charge on any atom is -0.493 e. The van der Waals surface area contributed by atoms with Crippen molar-refractivity contribution in [3.8, 4) is 17.3 Å². The van der Waals surface area contributed by atoms with E-state index in [9.17, 15) is 0 Å². The molecule has 7 nitrogen and oxygen atoms in total. The molecule has 0 radical (unpaired) electrons. The van der Waals surface area contributed by atoms with Crippen molar-refractivity contribution in [1.29, 1.82) is 0 Å². The summed E-state index contributed by atoms with van der Waals surface area (Å²) in [5.74, 6) is 2.68. The van der Waals surface area contributed by atoms with E-state index in [2.05, 4.69) is 20.6 Å². The predicted octanol–water partition coefficient (Wildman–Crippen LogP) is 4.19. The van der Waals surface area contributed by atoms with Gasteiger partial charge in [-0.05, 0) is 32.0 Å². The van der Waals surface area contributed by atoms with Gasteiger partial charge in [0.15, 0.2) is 23.1 Å². The van der Waals surface area contributed by atoms with Crippen LogP contribution in [0.2, 0.25) is 0 Å². The fourth-order valence-electron chi connectivity index (χ4n) is 3.23. The first-order valence-electron chi connectivity index (χ1n) is 8.89. The Morgan fingerprint density at radius 2 is 1.61 bits per heavy atom. The van der Waals surface area contributed by atoms with E-state index >= 15 is 0 Å². The Kier molecular flexibility index (Phi) is 4.57. The van der Waals surface area contributed by atoms with Gasteiger partial charge >= 0.3 is 0 Å². The van der Waals surface area contributed by atoms with E-state index in [0.717, 1.165) is 27.8 Å². The molecule has 2 aromatic heterocycles. The molecule has 2 heterocycles. The fraction of sp³-hybridized carbons (Fsp3) is 0.190. The van der Waals surface area contributed by atoms with Crippen molar-refractivity contribution in [3.63, 3.8) is 0 Å². The minimum absolute atomic E-state index is 0.643. The fourth-order valence-corrected chi connectivity index (χ4v) is 3.23. The second kappa shape index (κ2) is 7.19. The smallest absolute Gasteiger partial charge is 0.183 e. The first-order chi connectivity index (χ1) is 13.6. The molecule has 0 spiro atoms. The van der Waals surface area contributed by atoms with Crippen LogP contribution in [0.3, 0.4) is 0 Å². The van der Waals surface area contributed by atoms with Gasteiger partial charge in [0.05, 0.1) is 19.9 Å². The Labute approximate surface area is 162 Å². The second-order valence-electron chi connectivity index (χ2n) is 6.45. The number of nitrogens with one attached hydrogen (secondary N) is 1. The standard InChI is InChI=1S/C21H21N5O2/c1-13-11-14(2)26(25-13)21-17-8-6-5-7-16(17)20(23-24-21)22-15-9-10-18(27-3)19(12-15)28-4/h5-12H,1-4H3,(H,22,23). The highest BCUT2D eigenvalue weighted by Crippen LogP contribution is 2.33. The zero-order valence-corrected chi connectivity index (χ0v) is 16.2. The van der Waals surface area contributed by atoms with E-state index < -0.39 is 0 Å². The van der Waals surface area contributed by atoms with Gasteiger partial charge in [-0.25, -0.2) is 4.68 Å². The van der Waals surface area contributed by atoms with Gasteiger partial charge in [0, 0.05) is 28.2 Å². The minimum atomic E-state index is 0.643. The Balaban J connectivity index is 1.80. The first-order valence-corrected chi connectivity index (χ1v) is 8.89. The first kappa shape index (κ1) is 17.8. The lowest BCUT2D eigenvalue weighted by atomic mass is 10.1. The van der Waals surface area contributed by atoms with Crippen LogP contribution in [-0.4, -0.2) is 34.2 Å². The van der Waals surface area contributed by atoms with E-state index in [1.807, 2.05) is 67.1 Å². The van der Waals surface area contributed by atoms with Crippen LogP contribution in [0.25, 0.3) is 16.6 Å². The van der Waals surface area contributed by atoms with E-state index in [-0.39, 0.29) is 0 Å². The van der Waals surface area contributed by atoms with Gasteiger partial charge in [0.25, 0.3) is 0 Å². The summed E-state index contributed by atoms with van der Waals surface area (Å²) in [4.78, 5) is 0. The second-order valence-corrected chi connectivity index (χ2v) is 6.45. The van der Waals surface area contributed by atoms with E-state index in [1.54, 1.807) is 14.2 Å². The molecule has 28 heavy (non-hydrogen) atoms. The van der Waals surface area contributed by atoms with Crippen molar-refractivity contribution in [2.24, 2.45) is 0 Å². The molecule has 0 amide bonds. The Morgan fingerprint density at radius 3 is 2.29 bits per heavy atom. The topological polar surface area (TPSA) is 74.1 Å². The molecule has 0 saturated heterocycles. The lowest BCUT2D eigenvalue weighted by Crippen LogP contribution is -2.06. The van der Waals surface area contributed by atoms with Crippen LogP contribution in [0.15, 0.2) is 48.5 Å². The van der Waals surface area contributed by atoms with E-state index in [1.165, 1.54) is 0 Å². The molecule has 142 valence electrons. The summed E-state index contributed by atoms with van der Waals surface area (Å²) >= 11 is 0. The molecule has 0 unspecified atom stereocenters. The number of ether oxygens (including phenoxy) is 2. The monoisotopic (exact) mass is 375 g/mol. The number of aromatic nitrogens is 4. The summed E-state index contributed by atoms with van der Waals surface area (Å²) in [5, 5.41) is 18.7. The highest BCUT2D eigenvalue weighted by molar-refractivity contribution is 5.97. The average Bonchev–Trinajstić information content (AvgIpc) is 3.06. The molecule has 0 aliphatic rings. The van der Waals surface area contributed by atoms with Gasteiger partial charge < -0.3 is 14.8 Å². The molecular weight excluding hydrogens is 354 g/mol. The summed E-state index contributed by atoms with van der Waals surface area (Å²) in [7, 11) is 3.22. The number of aryl methyl sites for hydroxylation is 2. The number of fused-ring (bicyclic) bond motifs is 1. The number of benzene rings is 2. The van der Waals surface area contributed by atoms with Gasteiger partial charge in [-0.1, -0.05) is 24.3 Å². The lowest BCUT2D eigenvalue weighted by Gasteiger charge is -2.13. The van der Waals surface area contributed by atoms with Gasteiger partial charge in [0.2, 0.25) is 0 Å². The molecule has 0 aliphatic heterocycles. The summed E-state index contributed by atoms with van der Waals surface area (Å²) in [6.45, 7) is 3.97. The number of hydrogen-bond donors (Lipinski definition) is 1. The average molecular weight is 375 g/mol. The Morgan fingerprint density at radius 1 is 0.857 bits per heavy atom. The number of anilines is 2. The molecule has 0 bridgehead atoms. The number of methoxy groups -OCH3 is 2. The van der Waals surface area contributed by atoms with Crippen LogP contribution in [0, 0.1) is 13.8 Å². The molecule has 1 N–H and O–H groups in total. The van der Waals surface area contributed by atoms with Crippen molar-refractivity contribution < 1.29 is 9.47 Å². The summed E-state index contributed by atoms with van der Waals surface area (Å²) in [6, 6.07) is 15.6. The third kappa shape index (κ3) is 3.11. The third-order valence-corrected chi connectivity index (χ3v) is 4.52. The maximum Gasteiger partial charge on any atom is 0.183 e. The van der Waals surface area contributed by atoms with Crippen molar-refractivity contribution in [1.82, 2.24) is 20.0 Å².